The van der Waals surface area contributed by atoms with Crippen molar-refractivity contribution in [3.8, 4) is 0 Å². The molecule has 0 saturated carbocycles. The lowest BCUT2D eigenvalue weighted by molar-refractivity contribution is 0.0946. The Hall–Kier alpha value is -1.75. The highest BCUT2D eigenvalue weighted by Gasteiger charge is 2.08. The number of aromatic nitrogens is 2. The molecule has 0 fully saturated rings. The van der Waals surface area contributed by atoms with Crippen LogP contribution in [0.2, 0.25) is 0 Å². The van der Waals surface area contributed by atoms with Crippen molar-refractivity contribution in [3.05, 3.63) is 45.7 Å². The number of nitrogens with zero attached hydrogens (tertiary/aromatic N) is 2. The highest BCUT2D eigenvalue weighted by atomic mass is 32.1. The summed E-state index contributed by atoms with van der Waals surface area (Å²) in [7, 11) is 0. The van der Waals surface area contributed by atoms with Crippen LogP contribution in [0.3, 0.4) is 0 Å². The molecule has 0 aliphatic rings. The summed E-state index contributed by atoms with van der Waals surface area (Å²) in [5, 5.41) is 4.85. The predicted octanol–water partition coefficient (Wildman–Crippen LogP) is 2.08. The van der Waals surface area contributed by atoms with Gasteiger partial charge in [0.25, 0.3) is 5.91 Å². The minimum absolute atomic E-state index is 0.190. The van der Waals surface area contributed by atoms with Crippen LogP contribution in [0.4, 0.5) is 0 Å². The summed E-state index contributed by atoms with van der Waals surface area (Å²) in [5.41, 5.74) is 2.35. The molecule has 2 aromatic heterocycles. The fourth-order valence-corrected chi connectivity index (χ4v) is 2.19. The molecule has 5 heteroatoms. The molecule has 2 rings (SSSR count). The second-order valence-electron chi connectivity index (χ2n) is 3.75. The van der Waals surface area contributed by atoms with Crippen LogP contribution >= 0.6 is 11.3 Å². The summed E-state index contributed by atoms with van der Waals surface area (Å²) >= 11 is 1.64. The lowest BCUT2D eigenvalue weighted by Gasteiger charge is -2.03. The predicted molar refractivity (Wildman–Crippen MR) is 67.0 cm³/mol. The van der Waals surface area contributed by atoms with Crippen molar-refractivity contribution >= 4 is 17.2 Å². The summed E-state index contributed by atoms with van der Waals surface area (Å²) in [6, 6.07) is 2.04. The molecule has 0 atom stereocenters. The minimum atomic E-state index is -0.190. The van der Waals surface area contributed by atoms with Crippen LogP contribution in [0, 0.1) is 13.8 Å². The van der Waals surface area contributed by atoms with E-state index in [1.54, 1.807) is 17.5 Å². The highest BCUT2D eigenvalue weighted by Crippen LogP contribution is 2.14. The smallest absolute Gasteiger partial charge is 0.271 e. The average Bonchev–Trinajstić information content (AvgIpc) is 2.73. The molecule has 0 spiro atoms. The van der Waals surface area contributed by atoms with E-state index in [2.05, 4.69) is 15.3 Å². The zero-order chi connectivity index (χ0) is 12.3. The molecule has 0 aliphatic heterocycles. The van der Waals surface area contributed by atoms with E-state index >= 15 is 0 Å². The summed E-state index contributed by atoms with van der Waals surface area (Å²) in [4.78, 5) is 21.0. The van der Waals surface area contributed by atoms with Gasteiger partial charge >= 0.3 is 0 Å². The molecular weight excluding hydrogens is 234 g/mol. The van der Waals surface area contributed by atoms with Gasteiger partial charge in [-0.1, -0.05) is 0 Å². The van der Waals surface area contributed by atoms with Gasteiger partial charge in [-0.3, -0.25) is 9.78 Å². The Labute approximate surface area is 104 Å². The first kappa shape index (κ1) is 11.7. The van der Waals surface area contributed by atoms with Crippen molar-refractivity contribution in [1.29, 1.82) is 0 Å². The molecule has 0 radical (unpaired) electrons. The van der Waals surface area contributed by atoms with E-state index in [9.17, 15) is 4.79 Å². The van der Waals surface area contributed by atoms with Gasteiger partial charge in [0, 0.05) is 11.1 Å². The highest BCUT2D eigenvalue weighted by molar-refractivity contribution is 7.10. The van der Waals surface area contributed by atoms with E-state index < -0.39 is 0 Å². The number of thiophene rings is 1. The second-order valence-corrected chi connectivity index (χ2v) is 4.75. The van der Waals surface area contributed by atoms with Crippen LogP contribution in [0.15, 0.2) is 23.8 Å². The monoisotopic (exact) mass is 247 g/mol. The lowest BCUT2D eigenvalue weighted by Crippen LogP contribution is -2.23. The topological polar surface area (TPSA) is 54.9 Å². The van der Waals surface area contributed by atoms with E-state index in [1.807, 2.05) is 25.3 Å². The maximum Gasteiger partial charge on any atom is 0.271 e. The molecule has 0 unspecified atom stereocenters. The Morgan fingerprint density at radius 3 is 2.76 bits per heavy atom. The third-order valence-corrected chi connectivity index (χ3v) is 3.41. The molecule has 1 amide bonds. The lowest BCUT2D eigenvalue weighted by atomic mass is 10.3. The Kier molecular flexibility index (Phi) is 3.49. The second kappa shape index (κ2) is 5.05. The maximum atomic E-state index is 11.8. The Balaban J connectivity index is 1.98. The largest absolute Gasteiger partial charge is 0.346 e. The fourth-order valence-electron chi connectivity index (χ4n) is 1.35. The Morgan fingerprint density at radius 2 is 2.18 bits per heavy atom. The number of nitrogens with one attached hydrogen (secondary N) is 1. The fraction of sp³-hybridized carbons (Fsp3) is 0.250. The van der Waals surface area contributed by atoms with Gasteiger partial charge in [0.05, 0.1) is 18.4 Å². The molecule has 17 heavy (non-hydrogen) atoms. The average molecular weight is 247 g/mol. The first-order valence-corrected chi connectivity index (χ1v) is 6.14. The SMILES string of the molecule is Cc1cnc(C(=O)NCc2sccc2C)cn1. The molecule has 0 aliphatic carbocycles. The van der Waals surface area contributed by atoms with Crippen LogP contribution in [0.5, 0.6) is 0 Å². The molecule has 2 heterocycles. The number of hydrogen-bond acceptors (Lipinski definition) is 4. The van der Waals surface area contributed by atoms with E-state index in [-0.39, 0.29) is 5.91 Å². The van der Waals surface area contributed by atoms with E-state index in [1.165, 1.54) is 16.6 Å². The molecule has 0 saturated heterocycles. The summed E-state index contributed by atoms with van der Waals surface area (Å²) in [6.07, 6.45) is 3.08. The van der Waals surface area contributed by atoms with Crippen LogP contribution in [-0.4, -0.2) is 15.9 Å². The number of carbonyl (C=O) groups excluding carboxylic acids is 1. The van der Waals surface area contributed by atoms with E-state index in [0.29, 0.717) is 12.2 Å². The van der Waals surface area contributed by atoms with E-state index in [0.717, 1.165) is 5.69 Å². The molecule has 88 valence electrons. The number of amides is 1. The van der Waals surface area contributed by atoms with Crippen molar-refractivity contribution in [3.63, 3.8) is 0 Å². The van der Waals surface area contributed by atoms with Gasteiger partial charge in [-0.2, -0.15) is 0 Å². The molecule has 4 nitrogen and oxygen atoms in total. The van der Waals surface area contributed by atoms with E-state index in [4.69, 9.17) is 0 Å². The van der Waals surface area contributed by atoms with Gasteiger partial charge in [0.1, 0.15) is 5.69 Å². The Bertz CT molecular complexity index is 519. The van der Waals surface area contributed by atoms with Gasteiger partial charge < -0.3 is 5.32 Å². The zero-order valence-electron chi connectivity index (χ0n) is 9.73. The molecule has 0 bridgehead atoms. The van der Waals surface area contributed by atoms with Crippen molar-refractivity contribution in [2.45, 2.75) is 20.4 Å². The zero-order valence-corrected chi connectivity index (χ0v) is 10.5. The van der Waals surface area contributed by atoms with Crippen molar-refractivity contribution < 1.29 is 4.79 Å². The van der Waals surface area contributed by atoms with Crippen LogP contribution in [0.1, 0.15) is 26.6 Å². The van der Waals surface area contributed by atoms with Crippen LogP contribution in [0.25, 0.3) is 0 Å². The van der Waals surface area contributed by atoms with Crippen LogP contribution in [-0.2, 0) is 6.54 Å². The van der Waals surface area contributed by atoms with Gasteiger partial charge in [0.15, 0.2) is 0 Å². The quantitative estimate of drug-likeness (QED) is 0.903. The van der Waals surface area contributed by atoms with Gasteiger partial charge in [-0.25, -0.2) is 4.98 Å². The Morgan fingerprint density at radius 1 is 1.35 bits per heavy atom. The minimum Gasteiger partial charge on any atom is -0.346 e. The molecule has 0 aromatic carbocycles. The normalized spacial score (nSPS) is 10.2. The molecule has 1 N–H and O–H groups in total. The van der Waals surface area contributed by atoms with Gasteiger partial charge in [0.2, 0.25) is 0 Å². The van der Waals surface area contributed by atoms with Gasteiger partial charge in [-0.05, 0) is 30.9 Å². The third-order valence-electron chi connectivity index (χ3n) is 2.39. The number of carbonyl (C=O) groups is 1. The first-order valence-electron chi connectivity index (χ1n) is 5.26. The summed E-state index contributed by atoms with van der Waals surface area (Å²) in [6.45, 7) is 4.41. The van der Waals surface area contributed by atoms with Crippen molar-refractivity contribution in [2.75, 3.05) is 0 Å². The molecular formula is C12H13N3OS. The molecule has 2 aromatic rings. The van der Waals surface area contributed by atoms with Crippen molar-refractivity contribution in [1.82, 2.24) is 15.3 Å². The number of rotatable bonds is 3. The van der Waals surface area contributed by atoms with Crippen LogP contribution < -0.4 is 5.32 Å². The number of aryl methyl sites for hydroxylation is 2. The standard InChI is InChI=1S/C12H13N3OS/c1-8-3-4-17-11(8)7-15-12(16)10-6-13-9(2)5-14-10/h3-6H,7H2,1-2H3,(H,15,16). The first-order chi connectivity index (χ1) is 8.16. The summed E-state index contributed by atoms with van der Waals surface area (Å²) in [5.74, 6) is -0.190. The van der Waals surface area contributed by atoms with Gasteiger partial charge in [-0.15, -0.1) is 11.3 Å². The number of hydrogen-bond donors (Lipinski definition) is 1. The maximum absolute atomic E-state index is 11.8. The van der Waals surface area contributed by atoms with Crippen molar-refractivity contribution in [2.24, 2.45) is 0 Å². The summed E-state index contributed by atoms with van der Waals surface area (Å²) < 4.78 is 0. The third kappa shape index (κ3) is 2.88.